The monoisotopic (exact) mass is 487 g/mol. The minimum atomic E-state index is -0.298. The molecule has 7 nitrogen and oxygen atoms in total. The summed E-state index contributed by atoms with van der Waals surface area (Å²) in [7, 11) is 3.11. The fourth-order valence-electron chi connectivity index (χ4n) is 3.26. The number of carbonyl (C=O) groups is 2. The standard InChI is InChI=1S/C24H26ClN3O4S/c1-5-27(6-2)22(29)15-33-24-26-20(13-16-7-10-18(31-3)11-8-16)23(30)28(24)17-9-12-19(25)21(14-17)32-4/h7-14H,5-6,15H2,1-4H3/b20-13-. The Hall–Kier alpha value is -2.97. The highest BCUT2D eigenvalue weighted by atomic mass is 35.5. The van der Waals surface area contributed by atoms with Crippen LogP contribution in [0.3, 0.4) is 0 Å². The molecule has 2 amide bonds. The summed E-state index contributed by atoms with van der Waals surface area (Å²) in [6, 6.07) is 12.4. The van der Waals surface area contributed by atoms with Gasteiger partial charge in [-0.3, -0.25) is 14.5 Å². The van der Waals surface area contributed by atoms with E-state index in [1.54, 1.807) is 36.3 Å². The number of nitrogens with zero attached hydrogens (tertiary/aromatic N) is 3. The molecule has 0 aromatic heterocycles. The molecule has 0 bridgehead atoms. The molecule has 33 heavy (non-hydrogen) atoms. The molecule has 0 N–H and O–H groups in total. The molecule has 2 aromatic rings. The van der Waals surface area contributed by atoms with E-state index in [9.17, 15) is 9.59 Å². The van der Waals surface area contributed by atoms with E-state index in [-0.39, 0.29) is 23.3 Å². The zero-order chi connectivity index (χ0) is 24.0. The van der Waals surface area contributed by atoms with Crippen molar-refractivity contribution in [1.29, 1.82) is 0 Å². The summed E-state index contributed by atoms with van der Waals surface area (Å²) in [6.07, 6.45) is 1.71. The highest BCUT2D eigenvalue weighted by molar-refractivity contribution is 8.14. The van der Waals surface area contributed by atoms with Crippen molar-refractivity contribution in [2.45, 2.75) is 13.8 Å². The van der Waals surface area contributed by atoms with Crippen LogP contribution in [0.25, 0.3) is 6.08 Å². The first-order valence-corrected chi connectivity index (χ1v) is 11.8. The zero-order valence-electron chi connectivity index (χ0n) is 19.0. The van der Waals surface area contributed by atoms with Crippen molar-refractivity contribution in [3.63, 3.8) is 0 Å². The highest BCUT2D eigenvalue weighted by Gasteiger charge is 2.33. The molecule has 0 aliphatic carbocycles. The Kier molecular flexibility index (Phi) is 8.41. The van der Waals surface area contributed by atoms with Gasteiger partial charge in [0.05, 0.1) is 30.7 Å². The Bertz CT molecular complexity index is 1080. The van der Waals surface area contributed by atoms with E-state index in [1.165, 1.54) is 23.8 Å². The molecular formula is C24H26ClN3O4S. The van der Waals surface area contributed by atoms with Gasteiger partial charge in [-0.2, -0.15) is 0 Å². The molecular weight excluding hydrogens is 462 g/mol. The number of ether oxygens (including phenoxy) is 2. The number of amidine groups is 1. The van der Waals surface area contributed by atoms with E-state index < -0.39 is 0 Å². The van der Waals surface area contributed by atoms with Crippen LogP contribution in [0.4, 0.5) is 5.69 Å². The number of carbonyl (C=O) groups excluding carboxylic acids is 2. The predicted octanol–water partition coefficient (Wildman–Crippen LogP) is 4.70. The number of halogens is 1. The topological polar surface area (TPSA) is 71.4 Å². The number of aliphatic imine (C=N–C) groups is 1. The summed E-state index contributed by atoms with van der Waals surface area (Å²) in [5, 5.41) is 0.856. The lowest BCUT2D eigenvalue weighted by Gasteiger charge is -2.21. The molecule has 2 aromatic carbocycles. The predicted molar refractivity (Wildman–Crippen MR) is 134 cm³/mol. The third kappa shape index (κ3) is 5.69. The van der Waals surface area contributed by atoms with Gasteiger partial charge in [0.15, 0.2) is 5.17 Å². The molecule has 0 fully saturated rings. The van der Waals surface area contributed by atoms with Crippen LogP contribution in [-0.4, -0.2) is 54.9 Å². The minimum Gasteiger partial charge on any atom is -0.497 e. The second-order valence-corrected chi connectivity index (χ2v) is 8.36. The van der Waals surface area contributed by atoms with Gasteiger partial charge in [-0.1, -0.05) is 35.5 Å². The zero-order valence-corrected chi connectivity index (χ0v) is 20.6. The summed E-state index contributed by atoms with van der Waals surface area (Å²) in [5.41, 5.74) is 1.63. The molecule has 0 saturated heterocycles. The Morgan fingerprint density at radius 1 is 1.12 bits per heavy atom. The first-order chi connectivity index (χ1) is 15.9. The number of thioether (sulfide) groups is 1. The van der Waals surface area contributed by atoms with Crippen molar-refractivity contribution in [3.8, 4) is 11.5 Å². The van der Waals surface area contributed by atoms with Gasteiger partial charge in [0, 0.05) is 19.2 Å². The minimum absolute atomic E-state index is 0.0126. The van der Waals surface area contributed by atoms with Crippen molar-refractivity contribution in [1.82, 2.24) is 4.90 Å². The van der Waals surface area contributed by atoms with Gasteiger partial charge < -0.3 is 14.4 Å². The molecule has 1 aliphatic rings. The second-order valence-electron chi connectivity index (χ2n) is 7.01. The van der Waals surface area contributed by atoms with Crippen molar-refractivity contribution in [2.75, 3.05) is 38.0 Å². The van der Waals surface area contributed by atoms with E-state index in [0.717, 1.165) is 11.3 Å². The van der Waals surface area contributed by atoms with Crippen molar-refractivity contribution in [3.05, 3.63) is 58.7 Å². The first-order valence-electron chi connectivity index (χ1n) is 10.4. The van der Waals surface area contributed by atoms with Gasteiger partial charge in [0.2, 0.25) is 5.91 Å². The molecule has 0 unspecified atom stereocenters. The van der Waals surface area contributed by atoms with Crippen LogP contribution < -0.4 is 14.4 Å². The van der Waals surface area contributed by atoms with E-state index in [2.05, 4.69) is 4.99 Å². The molecule has 3 rings (SSSR count). The molecule has 9 heteroatoms. The summed E-state index contributed by atoms with van der Waals surface area (Å²) in [6.45, 7) is 5.12. The van der Waals surface area contributed by atoms with Crippen LogP contribution in [0.2, 0.25) is 5.02 Å². The number of benzene rings is 2. The van der Waals surface area contributed by atoms with Crippen molar-refractivity contribution < 1.29 is 19.1 Å². The summed E-state index contributed by atoms with van der Waals surface area (Å²) in [4.78, 5) is 33.7. The van der Waals surface area contributed by atoms with Crippen molar-refractivity contribution >= 4 is 52.1 Å². The molecule has 0 spiro atoms. The number of hydrogen-bond acceptors (Lipinski definition) is 6. The highest BCUT2D eigenvalue weighted by Crippen LogP contribution is 2.34. The van der Waals surface area contributed by atoms with E-state index in [4.69, 9.17) is 21.1 Å². The van der Waals surface area contributed by atoms with Crippen molar-refractivity contribution in [2.24, 2.45) is 4.99 Å². The normalized spacial score (nSPS) is 14.5. The third-order valence-electron chi connectivity index (χ3n) is 5.08. The van der Waals surface area contributed by atoms with Crippen LogP contribution in [0.15, 0.2) is 53.2 Å². The second kappa shape index (κ2) is 11.2. The largest absolute Gasteiger partial charge is 0.497 e. The van der Waals surface area contributed by atoms with Gasteiger partial charge >= 0.3 is 0 Å². The molecule has 174 valence electrons. The summed E-state index contributed by atoms with van der Waals surface area (Å²) >= 11 is 7.40. The Balaban J connectivity index is 1.95. The van der Waals surface area contributed by atoms with Crippen LogP contribution >= 0.6 is 23.4 Å². The smallest absolute Gasteiger partial charge is 0.283 e. The van der Waals surface area contributed by atoms with Gasteiger partial charge in [-0.05, 0) is 49.8 Å². The number of methoxy groups -OCH3 is 2. The first kappa shape index (κ1) is 24.7. The van der Waals surface area contributed by atoms with Crippen LogP contribution in [0.1, 0.15) is 19.4 Å². The number of amides is 2. The lowest BCUT2D eigenvalue weighted by Crippen LogP contribution is -2.34. The van der Waals surface area contributed by atoms with Crippen LogP contribution in [-0.2, 0) is 9.59 Å². The summed E-state index contributed by atoms with van der Waals surface area (Å²) < 4.78 is 10.5. The maximum Gasteiger partial charge on any atom is 0.283 e. The third-order valence-corrected chi connectivity index (χ3v) is 6.32. The summed E-state index contributed by atoms with van der Waals surface area (Å²) in [5.74, 6) is 1.03. The fourth-order valence-corrected chi connectivity index (χ4v) is 4.37. The fraction of sp³-hybridized carbons (Fsp3) is 0.292. The maximum absolute atomic E-state index is 13.4. The average Bonchev–Trinajstić information content (AvgIpc) is 3.14. The van der Waals surface area contributed by atoms with E-state index in [1.807, 2.05) is 38.1 Å². The Morgan fingerprint density at radius 2 is 1.82 bits per heavy atom. The number of rotatable bonds is 8. The molecule has 1 aliphatic heterocycles. The lowest BCUT2D eigenvalue weighted by molar-refractivity contribution is -0.128. The quantitative estimate of drug-likeness (QED) is 0.504. The van der Waals surface area contributed by atoms with Gasteiger partial charge in [-0.15, -0.1) is 0 Å². The molecule has 0 saturated carbocycles. The molecule has 0 atom stereocenters. The van der Waals surface area contributed by atoms with Crippen LogP contribution in [0, 0.1) is 0 Å². The average molecular weight is 488 g/mol. The SMILES string of the molecule is CCN(CC)C(=O)CSC1=N/C(=C\c2ccc(OC)cc2)C(=O)N1c1ccc(Cl)c(OC)c1. The van der Waals surface area contributed by atoms with Gasteiger partial charge in [-0.25, -0.2) is 4.99 Å². The lowest BCUT2D eigenvalue weighted by atomic mass is 10.2. The Morgan fingerprint density at radius 3 is 2.42 bits per heavy atom. The number of hydrogen-bond donors (Lipinski definition) is 0. The van der Waals surface area contributed by atoms with E-state index >= 15 is 0 Å². The molecule has 1 heterocycles. The van der Waals surface area contributed by atoms with Crippen LogP contribution in [0.5, 0.6) is 11.5 Å². The number of anilines is 1. The van der Waals surface area contributed by atoms with E-state index in [0.29, 0.717) is 34.7 Å². The van der Waals surface area contributed by atoms with Gasteiger partial charge in [0.25, 0.3) is 5.91 Å². The Labute approximate surface area is 203 Å². The van der Waals surface area contributed by atoms with Gasteiger partial charge in [0.1, 0.15) is 17.2 Å². The maximum atomic E-state index is 13.4. The molecule has 0 radical (unpaired) electrons.